The molecular weight excluding hydrogens is 310 g/mol. The molecule has 0 aliphatic carbocycles. The molecule has 0 spiro atoms. The van der Waals surface area contributed by atoms with E-state index < -0.39 is 0 Å². The summed E-state index contributed by atoms with van der Waals surface area (Å²) in [5.74, 6) is 0.436. The molecule has 1 N–H and O–H groups in total. The quantitative estimate of drug-likeness (QED) is 0.866. The topological polar surface area (TPSA) is 46.9 Å². The van der Waals surface area contributed by atoms with Crippen LogP contribution in [0.15, 0.2) is 30.3 Å². The third-order valence-corrected chi connectivity index (χ3v) is 4.38. The molecule has 1 unspecified atom stereocenters. The number of hydrogen-bond donors (Lipinski definition) is 1. The zero-order chi connectivity index (χ0) is 17.0. The second kappa shape index (κ2) is 7.64. The van der Waals surface area contributed by atoms with Gasteiger partial charge in [0.1, 0.15) is 6.54 Å². The van der Waals surface area contributed by atoms with Gasteiger partial charge in [0.2, 0.25) is 5.91 Å². The number of hydrogen-bond acceptors (Lipinski definition) is 2. The Kier molecular flexibility index (Phi) is 5.83. The molecule has 2 rings (SSSR count). The van der Waals surface area contributed by atoms with Crippen molar-refractivity contribution in [2.45, 2.75) is 46.7 Å². The molecule has 0 fully saturated rings. The van der Waals surface area contributed by atoms with E-state index in [1.807, 2.05) is 44.2 Å². The second-order valence-corrected chi connectivity index (χ2v) is 6.68. The van der Waals surface area contributed by atoms with Gasteiger partial charge in [-0.1, -0.05) is 55.8 Å². The van der Waals surface area contributed by atoms with E-state index in [2.05, 4.69) is 24.3 Å². The molecule has 1 heterocycles. The second-order valence-electron chi connectivity index (χ2n) is 6.30. The molecule has 4 nitrogen and oxygen atoms in total. The highest BCUT2D eigenvalue weighted by molar-refractivity contribution is 6.31. The Balaban J connectivity index is 2.10. The van der Waals surface area contributed by atoms with Crippen LogP contribution in [0, 0.1) is 19.8 Å². The van der Waals surface area contributed by atoms with Gasteiger partial charge in [0.25, 0.3) is 0 Å². The first kappa shape index (κ1) is 17.5. The van der Waals surface area contributed by atoms with E-state index in [-0.39, 0.29) is 18.5 Å². The van der Waals surface area contributed by atoms with E-state index in [1.54, 1.807) is 4.68 Å². The highest BCUT2D eigenvalue weighted by Gasteiger charge is 2.18. The number of halogens is 1. The molecule has 1 aromatic carbocycles. The predicted molar refractivity (Wildman–Crippen MR) is 93.5 cm³/mol. The fourth-order valence-electron chi connectivity index (χ4n) is 2.64. The number of nitrogens with zero attached hydrogens (tertiary/aromatic N) is 2. The van der Waals surface area contributed by atoms with E-state index in [0.29, 0.717) is 10.9 Å². The molecule has 0 radical (unpaired) electrons. The SMILES string of the molecule is Cc1nn(CC(=O)NC(CC(C)C)c2ccccc2)c(C)c1Cl. The lowest BCUT2D eigenvalue weighted by Gasteiger charge is -2.21. The summed E-state index contributed by atoms with van der Waals surface area (Å²) in [5.41, 5.74) is 2.69. The van der Waals surface area contributed by atoms with Crippen LogP contribution in [-0.2, 0) is 11.3 Å². The Bertz CT molecular complexity index is 664. The van der Waals surface area contributed by atoms with Crippen LogP contribution in [0.2, 0.25) is 5.02 Å². The van der Waals surface area contributed by atoms with Crippen LogP contribution in [0.1, 0.15) is 43.3 Å². The van der Waals surface area contributed by atoms with Crippen LogP contribution in [0.5, 0.6) is 0 Å². The Hall–Kier alpha value is -1.81. The van der Waals surface area contributed by atoms with Gasteiger partial charge in [-0.05, 0) is 31.7 Å². The van der Waals surface area contributed by atoms with Crippen molar-refractivity contribution >= 4 is 17.5 Å². The molecule has 0 aliphatic rings. The minimum absolute atomic E-state index is 0.0103. The first-order valence-electron chi connectivity index (χ1n) is 7.92. The maximum Gasteiger partial charge on any atom is 0.242 e. The van der Waals surface area contributed by atoms with Crippen molar-refractivity contribution in [1.29, 1.82) is 0 Å². The highest BCUT2D eigenvalue weighted by Crippen LogP contribution is 2.22. The third-order valence-electron chi connectivity index (χ3n) is 3.83. The van der Waals surface area contributed by atoms with Gasteiger partial charge >= 0.3 is 0 Å². The van der Waals surface area contributed by atoms with E-state index in [0.717, 1.165) is 23.4 Å². The summed E-state index contributed by atoms with van der Waals surface area (Å²) in [7, 11) is 0. The summed E-state index contributed by atoms with van der Waals surface area (Å²) in [5, 5.41) is 8.07. The Morgan fingerprint density at radius 1 is 1.26 bits per heavy atom. The van der Waals surface area contributed by atoms with Crippen molar-refractivity contribution in [2.75, 3.05) is 0 Å². The lowest BCUT2D eigenvalue weighted by Crippen LogP contribution is -2.32. The molecule has 0 bridgehead atoms. The molecule has 0 aliphatic heterocycles. The number of aryl methyl sites for hydroxylation is 1. The zero-order valence-corrected chi connectivity index (χ0v) is 14.9. The van der Waals surface area contributed by atoms with Crippen molar-refractivity contribution in [3.8, 4) is 0 Å². The highest BCUT2D eigenvalue weighted by atomic mass is 35.5. The van der Waals surface area contributed by atoms with E-state index in [4.69, 9.17) is 11.6 Å². The Labute approximate surface area is 142 Å². The van der Waals surface area contributed by atoms with Crippen molar-refractivity contribution < 1.29 is 4.79 Å². The number of rotatable bonds is 6. The third kappa shape index (κ3) is 4.58. The maximum absolute atomic E-state index is 12.4. The van der Waals surface area contributed by atoms with Crippen molar-refractivity contribution in [3.05, 3.63) is 52.3 Å². The van der Waals surface area contributed by atoms with Crippen molar-refractivity contribution in [3.63, 3.8) is 0 Å². The van der Waals surface area contributed by atoms with Gasteiger partial charge in [0.05, 0.1) is 22.5 Å². The maximum atomic E-state index is 12.4. The molecular formula is C18H24ClN3O. The lowest BCUT2D eigenvalue weighted by molar-refractivity contribution is -0.122. The van der Waals surface area contributed by atoms with Gasteiger partial charge in [-0.2, -0.15) is 5.10 Å². The molecule has 23 heavy (non-hydrogen) atoms. The van der Waals surface area contributed by atoms with Crippen LogP contribution in [0.25, 0.3) is 0 Å². The summed E-state index contributed by atoms with van der Waals surface area (Å²) in [6.45, 7) is 8.21. The van der Waals surface area contributed by atoms with Gasteiger partial charge in [-0.15, -0.1) is 0 Å². The number of benzene rings is 1. The number of aromatic nitrogens is 2. The zero-order valence-electron chi connectivity index (χ0n) is 14.1. The fourth-order valence-corrected chi connectivity index (χ4v) is 2.78. The first-order chi connectivity index (χ1) is 10.9. The standard InChI is InChI=1S/C18H24ClN3O/c1-12(2)10-16(15-8-6-5-7-9-15)20-17(23)11-22-14(4)18(19)13(3)21-22/h5-9,12,16H,10-11H2,1-4H3,(H,20,23). The monoisotopic (exact) mass is 333 g/mol. The van der Waals surface area contributed by atoms with Gasteiger partial charge in [0, 0.05) is 0 Å². The molecule has 1 aromatic heterocycles. The van der Waals surface area contributed by atoms with E-state index in [1.165, 1.54) is 0 Å². The van der Waals surface area contributed by atoms with Crippen LogP contribution >= 0.6 is 11.6 Å². The van der Waals surface area contributed by atoms with Crippen LogP contribution in [0.4, 0.5) is 0 Å². The Morgan fingerprint density at radius 3 is 2.43 bits per heavy atom. The molecule has 2 aromatic rings. The summed E-state index contributed by atoms with van der Waals surface area (Å²) in [4.78, 5) is 12.4. The summed E-state index contributed by atoms with van der Waals surface area (Å²) >= 11 is 6.14. The summed E-state index contributed by atoms with van der Waals surface area (Å²) < 4.78 is 1.66. The largest absolute Gasteiger partial charge is 0.348 e. The predicted octanol–water partition coefficient (Wildman–Crippen LogP) is 4.06. The average Bonchev–Trinajstić information content (AvgIpc) is 2.74. The molecule has 0 saturated carbocycles. The van der Waals surface area contributed by atoms with Gasteiger partial charge < -0.3 is 5.32 Å². The van der Waals surface area contributed by atoms with E-state index in [9.17, 15) is 4.79 Å². The van der Waals surface area contributed by atoms with Gasteiger partial charge in [-0.25, -0.2) is 0 Å². The first-order valence-corrected chi connectivity index (χ1v) is 8.30. The minimum Gasteiger partial charge on any atom is -0.348 e. The van der Waals surface area contributed by atoms with Crippen LogP contribution in [-0.4, -0.2) is 15.7 Å². The number of amides is 1. The van der Waals surface area contributed by atoms with Crippen LogP contribution < -0.4 is 5.32 Å². The smallest absolute Gasteiger partial charge is 0.242 e. The molecule has 124 valence electrons. The number of carbonyl (C=O) groups is 1. The molecule has 1 amide bonds. The average molecular weight is 334 g/mol. The minimum atomic E-state index is -0.0539. The Morgan fingerprint density at radius 2 is 1.91 bits per heavy atom. The lowest BCUT2D eigenvalue weighted by atomic mass is 9.97. The normalized spacial score (nSPS) is 12.4. The molecule has 5 heteroatoms. The molecule has 0 saturated heterocycles. The fraction of sp³-hybridized carbons (Fsp3) is 0.444. The van der Waals surface area contributed by atoms with Crippen LogP contribution in [0.3, 0.4) is 0 Å². The summed E-state index contributed by atoms with van der Waals surface area (Å²) in [6, 6.07) is 10.1. The number of carbonyl (C=O) groups excluding carboxylic acids is 1. The molecule has 1 atom stereocenters. The van der Waals surface area contributed by atoms with Gasteiger partial charge in [-0.3, -0.25) is 9.48 Å². The summed E-state index contributed by atoms with van der Waals surface area (Å²) in [6.07, 6.45) is 0.896. The number of nitrogens with one attached hydrogen (secondary N) is 1. The van der Waals surface area contributed by atoms with E-state index >= 15 is 0 Å². The van der Waals surface area contributed by atoms with Crippen molar-refractivity contribution in [1.82, 2.24) is 15.1 Å². The van der Waals surface area contributed by atoms with Gasteiger partial charge in [0.15, 0.2) is 0 Å². The van der Waals surface area contributed by atoms with Crippen molar-refractivity contribution in [2.24, 2.45) is 5.92 Å².